The molecule has 2 heterocycles. The van der Waals surface area contributed by atoms with Crippen molar-refractivity contribution in [3.63, 3.8) is 0 Å². The standard InChI is InChI=1S/C33H38N4O2/c1-35-31(27-17-15-26(16-18-27)25-13-14-25)37(21-7-10-24-8-3-2-4-9-24)32(39)33(35)19-22-36(23-20-33)29-12-6-5-11-28(29)30(34)38/h2-6,8-9,11-12,15-18,25,31H,7,10,13-14,19-23H2,1H3,(H2,34,38). The Morgan fingerprint density at radius 3 is 2.21 bits per heavy atom. The highest BCUT2D eigenvalue weighted by molar-refractivity contribution is 5.98. The molecule has 1 aliphatic carbocycles. The van der Waals surface area contributed by atoms with E-state index in [0.717, 1.165) is 25.1 Å². The van der Waals surface area contributed by atoms with Gasteiger partial charge in [0.15, 0.2) is 0 Å². The summed E-state index contributed by atoms with van der Waals surface area (Å²) in [6, 6.07) is 27.0. The van der Waals surface area contributed by atoms with E-state index < -0.39 is 11.4 Å². The lowest BCUT2D eigenvalue weighted by Crippen LogP contribution is -2.55. The van der Waals surface area contributed by atoms with Gasteiger partial charge in [0.2, 0.25) is 5.91 Å². The van der Waals surface area contributed by atoms with Crippen LogP contribution in [0.3, 0.4) is 0 Å². The summed E-state index contributed by atoms with van der Waals surface area (Å²) in [5.41, 5.74) is 10.4. The number of hydrogen-bond donors (Lipinski definition) is 1. The molecular weight excluding hydrogens is 484 g/mol. The first-order chi connectivity index (χ1) is 19.0. The number of nitrogens with zero attached hydrogens (tertiary/aromatic N) is 3. The summed E-state index contributed by atoms with van der Waals surface area (Å²) in [6.07, 6.45) is 5.78. The predicted molar refractivity (Wildman–Crippen MR) is 155 cm³/mol. The van der Waals surface area contributed by atoms with Crippen molar-refractivity contribution in [3.05, 3.63) is 101 Å². The Labute approximate surface area is 231 Å². The highest BCUT2D eigenvalue weighted by atomic mass is 16.2. The van der Waals surface area contributed by atoms with Crippen LogP contribution < -0.4 is 10.6 Å². The summed E-state index contributed by atoms with van der Waals surface area (Å²) < 4.78 is 0. The molecule has 39 heavy (non-hydrogen) atoms. The van der Waals surface area contributed by atoms with Gasteiger partial charge in [0, 0.05) is 25.3 Å². The second-order valence-corrected chi connectivity index (χ2v) is 11.4. The molecule has 2 amide bonds. The molecule has 1 spiro atoms. The molecule has 3 aromatic rings. The van der Waals surface area contributed by atoms with Gasteiger partial charge in [-0.15, -0.1) is 0 Å². The number of para-hydroxylation sites is 1. The number of carbonyl (C=O) groups excluding carboxylic acids is 2. The zero-order valence-electron chi connectivity index (χ0n) is 22.8. The first kappa shape index (κ1) is 25.6. The molecule has 2 aliphatic heterocycles. The van der Waals surface area contributed by atoms with Crippen molar-refractivity contribution in [1.82, 2.24) is 9.80 Å². The maximum Gasteiger partial charge on any atom is 0.250 e. The first-order valence-corrected chi connectivity index (χ1v) is 14.3. The number of nitrogens with two attached hydrogens (primary N) is 1. The minimum Gasteiger partial charge on any atom is -0.371 e. The van der Waals surface area contributed by atoms with E-state index in [0.29, 0.717) is 37.4 Å². The van der Waals surface area contributed by atoms with E-state index in [1.807, 2.05) is 24.3 Å². The van der Waals surface area contributed by atoms with Crippen LogP contribution in [-0.2, 0) is 11.2 Å². The molecule has 0 radical (unpaired) electrons. The monoisotopic (exact) mass is 522 g/mol. The number of aryl methyl sites for hydroxylation is 1. The SMILES string of the molecule is CN1C(c2ccc(C3CC3)cc2)N(CCCc2ccccc2)C(=O)C12CCN(c1ccccc1C(N)=O)CC2. The zero-order valence-corrected chi connectivity index (χ0v) is 22.8. The van der Waals surface area contributed by atoms with Crippen molar-refractivity contribution >= 4 is 17.5 Å². The topological polar surface area (TPSA) is 69.9 Å². The van der Waals surface area contributed by atoms with Gasteiger partial charge < -0.3 is 15.5 Å². The van der Waals surface area contributed by atoms with Crippen molar-refractivity contribution in [3.8, 4) is 0 Å². The van der Waals surface area contributed by atoms with Crippen LogP contribution >= 0.6 is 0 Å². The minimum absolute atomic E-state index is 0.0778. The fourth-order valence-corrected chi connectivity index (χ4v) is 6.70. The number of rotatable bonds is 8. The van der Waals surface area contributed by atoms with Gasteiger partial charge in [-0.05, 0) is 80.3 Å². The second kappa shape index (κ2) is 10.5. The highest BCUT2D eigenvalue weighted by Gasteiger charge is 2.56. The normalized spacial score (nSPS) is 21.1. The first-order valence-electron chi connectivity index (χ1n) is 14.3. The number of benzene rings is 3. The van der Waals surface area contributed by atoms with Crippen LogP contribution in [0.4, 0.5) is 5.69 Å². The van der Waals surface area contributed by atoms with Crippen LogP contribution in [0.15, 0.2) is 78.9 Å². The highest BCUT2D eigenvalue weighted by Crippen LogP contribution is 2.46. The van der Waals surface area contributed by atoms with Gasteiger partial charge in [0.25, 0.3) is 5.91 Å². The number of piperidine rings is 1. The van der Waals surface area contributed by atoms with Crippen LogP contribution in [0, 0.1) is 0 Å². The van der Waals surface area contributed by atoms with E-state index in [1.165, 1.54) is 29.5 Å². The summed E-state index contributed by atoms with van der Waals surface area (Å²) in [5, 5.41) is 0. The second-order valence-electron chi connectivity index (χ2n) is 11.4. The van der Waals surface area contributed by atoms with E-state index in [2.05, 4.69) is 70.3 Å². The maximum atomic E-state index is 14.3. The van der Waals surface area contributed by atoms with Crippen LogP contribution in [-0.4, -0.2) is 53.8 Å². The summed E-state index contributed by atoms with van der Waals surface area (Å²) in [4.78, 5) is 33.0. The molecule has 1 atom stereocenters. The average molecular weight is 523 g/mol. The zero-order chi connectivity index (χ0) is 27.0. The summed E-state index contributed by atoms with van der Waals surface area (Å²) in [5.74, 6) is 0.527. The molecule has 3 fully saturated rings. The third kappa shape index (κ3) is 4.82. The number of carbonyl (C=O) groups is 2. The number of likely N-dealkylation sites (N-methyl/N-ethyl adjacent to an activating group) is 1. The van der Waals surface area contributed by atoms with Gasteiger partial charge in [0.1, 0.15) is 11.7 Å². The van der Waals surface area contributed by atoms with E-state index in [1.54, 1.807) is 6.07 Å². The van der Waals surface area contributed by atoms with Crippen LogP contribution in [0.5, 0.6) is 0 Å². The van der Waals surface area contributed by atoms with Gasteiger partial charge in [-0.2, -0.15) is 0 Å². The Hall–Kier alpha value is -3.64. The number of primary amides is 1. The number of hydrogen-bond acceptors (Lipinski definition) is 4. The molecule has 1 saturated carbocycles. The summed E-state index contributed by atoms with van der Waals surface area (Å²) in [6.45, 7) is 2.13. The Morgan fingerprint density at radius 1 is 0.897 bits per heavy atom. The van der Waals surface area contributed by atoms with Crippen LogP contribution in [0.1, 0.15) is 71.2 Å². The molecule has 2 saturated heterocycles. The van der Waals surface area contributed by atoms with Gasteiger partial charge in [0.05, 0.1) is 5.56 Å². The van der Waals surface area contributed by atoms with Crippen molar-refractivity contribution in [1.29, 1.82) is 0 Å². The van der Waals surface area contributed by atoms with Gasteiger partial charge in [-0.3, -0.25) is 14.5 Å². The Bertz CT molecular complexity index is 1330. The minimum atomic E-state index is -0.551. The largest absolute Gasteiger partial charge is 0.371 e. The lowest BCUT2D eigenvalue weighted by Gasteiger charge is -2.43. The summed E-state index contributed by atoms with van der Waals surface area (Å²) in [7, 11) is 2.13. The van der Waals surface area contributed by atoms with Crippen molar-refractivity contribution in [2.45, 2.75) is 56.1 Å². The Kier molecular flexibility index (Phi) is 6.90. The van der Waals surface area contributed by atoms with Gasteiger partial charge in [-0.1, -0.05) is 66.7 Å². The number of amides is 2. The molecule has 1 unspecified atom stereocenters. The molecule has 0 bridgehead atoms. The van der Waals surface area contributed by atoms with Crippen LogP contribution in [0.25, 0.3) is 0 Å². The molecule has 6 rings (SSSR count). The summed E-state index contributed by atoms with van der Waals surface area (Å²) >= 11 is 0. The van der Waals surface area contributed by atoms with Gasteiger partial charge in [-0.25, -0.2) is 0 Å². The molecule has 3 aliphatic rings. The van der Waals surface area contributed by atoms with Crippen molar-refractivity contribution in [2.24, 2.45) is 5.73 Å². The molecule has 3 aromatic carbocycles. The maximum absolute atomic E-state index is 14.3. The lowest BCUT2D eigenvalue weighted by molar-refractivity contribution is -0.134. The third-order valence-electron chi connectivity index (χ3n) is 9.09. The predicted octanol–water partition coefficient (Wildman–Crippen LogP) is 5.11. The molecule has 0 aromatic heterocycles. The van der Waals surface area contributed by atoms with Crippen LogP contribution in [0.2, 0.25) is 0 Å². The van der Waals surface area contributed by atoms with E-state index >= 15 is 0 Å². The molecular formula is C33H38N4O2. The Morgan fingerprint density at radius 2 is 1.54 bits per heavy atom. The quantitative estimate of drug-likeness (QED) is 0.447. The van der Waals surface area contributed by atoms with E-state index in [-0.39, 0.29) is 12.1 Å². The lowest BCUT2D eigenvalue weighted by atomic mass is 9.85. The van der Waals surface area contributed by atoms with Crippen molar-refractivity contribution in [2.75, 3.05) is 31.6 Å². The molecule has 6 nitrogen and oxygen atoms in total. The van der Waals surface area contributed by atoms with E-state index in [4.69, 9.17) is 5.73 Å². The molecule has 6 heteroatoms. The third-order valence-corrected chi connectivity index (χ3v) is 9.09. The fraction of sp³-hybridized carbons (Fsp3) is 0.394. The van der Waals surface area contributed by atoms with E-state index in [9.17, 15) is 9.59 Å². The molecule has 202 valence electrons. The van der Waals surface area contributed by atoms with Gasteiger partial charge >= 0.3 is 0 Å². The number of anilines is 1. The fourth-order valence-electron chi connectivity index (χ4n) is 6.70. The molecule has 2 N–H and O–H groups in total. The average Bonchev–Trinajstić information content (AvgIpc) is 3.80. The van der Waals surface area contributed by atoms with Crippen molar-refractivity contribution < 1.29 is 9.59 Å². The Balaban J connectivity index is 1.25. The smallest absolute Gasteiger partial charge is 0.250 e.